The van der Waals surface area contributed by atoms with Crippen molar-refractivity contribution in [3.05, 3.63) is 82.0 Å². The van der Waals surface area contributed by atoms with Gasteiger partial charge >= 0.3 is 0 Å². The molecule has 4 aromatic rings. The molecule has 2 amide bonds. The highest BCUT2D eigenvalue weighted by molar-refractivity contribution is 7.99. The van der Waals surface area contributed by atoms with Gasteiger partial charge in [0.05, 0.1) is 18.2 Å². The molecule has 10 nitrogen and oxygen atoms in total. The van der Waals surface area contributed by atoms with E-state index in [1.807, 2.05) is 47.9 Å². The third-order valence-corrected chi connectivity index (χ3v) is 7.84. The number of carbonyl (C=O) groups excluding carboxylic acids is 2. The van der Waals surface area contributed by atoms with Crippen LogP contribution in [0.25, 0.3) is 23.0 Å². The Morgan fingerprint density at radius 1 is 1.15 bits per heavy atom. The summed E-state index contributed by atoms with van der Waals surface area (Å²) in [6, 6.07) is 12.3. The van der Waals surface area contributed by atoms with Crippen LogP contribution in [0.1, 0.15) is 29.4 Å². The Balaban J connectivity index is 1.40. The lowest BCUT2D eigenvalue weighted by molar-refractivity contribution is -0.131. The minimum absolute atomic E-state index is 0.0362. The molecular formula is C27H26Cl2N8O2S. The van der Waals surface area contributed by atoms with Gasteiger partial charge in [-0.05, 0) is 41.6 Å². The molecule has 1 aliphatic rings. The maximum atomic E-state index is 13.2. The third kappa shape index (κ3) is 6.72. The number of nitrogens with zero attached hydrogens (tertiary/aromatic N) is 6. The molecule has 5 rings (SSSR count). The second kappa shape index (κ2) is 12.7. The SMILES string of the molecule is Cc1ccc(-c2nc([C@H](CC(=O)N3CCSCC3)NC(=O)/C=C/c3cc(Cl)ccc3-n3cnnn3)[nH]c2Cl)cc1. The molecule has 1 aliphatic heterocycles. The molecule has 13 heteroatoms. The zero-order chi connectivity index (χ0) is 28.1. The number of hydrogen-bond acceptors (Lipinski definition) is 7. The highest BCUT2D eigenvalue weighted by Gasteiger charge is 2.26. The van der Waals surface area contributed by atoms with Crippen molar-refractivity contribution in [1.82, 2.24) is 40.4 Å². The van der Waals surface area contributed by atoms with Gasteiger partial charge in [0.15, 0.2) is 0 Å². The maximum Gasteiger partial charge on any atom is 0.244 e. The van der Waals surface area contributed by atoms with E-state index in [-0.39, 0.29) is 12.3 Å². The highest BCUT2D eigenvalue weighted by atomic mass is 35.5. The third-order valence-electron chi connectivity index (χ3n) is 6.39. The number of aryl methyl sites for hydroxylation is 1. The van der Waals surface area contributed by atoms with Gasteiger partial charge in [0.25, 0.3) is 0 Å². The average molecular weight is 598 g/mol. The van der Waals surface area contributed by atoms with E-state index in [9.17, 15) is 9.59 Å². The van der Waals surface area contributed by atoms with Gasteiger partial charge in [0.2, 0.25) is 11.8 Å². The standard InChI is InChI=1S/C27H26Cl2N8O2S/c1-17-2-4-18(5-3-17)25-26(29)33-27(32-25)21(15-24(39)36-10-12-40-13-11-36)31-23(38)9-6-19-14-20(28)7-8-22(19)37-16-30-34-35-37/h2-9,14,16,21H,10-13,15H2,1H3,(H,31,38)(H,32,33)/b9-6+/t21-/m0/s1. The van der Waals surface area contributed by atoms with E-state index < -0.39 is 11.9 Å². The van der Waals surface area contributed by atoms with E-state index >= 15 is 0 Å². The summed E-state index contributed by atoms with van der Waals surface area (Å²) in [6.07, 6.45) is 4.48. The molecule has 0 unspecified atom stereocenters. The summed E-state index contributed by atoms with van der Waals surface area (Å²) in [6.45, 7) is 3.35. The lowest BCUT2D eigenvalue weighted by atomic mass is 10.1. The summed E-state index contributed by atoms with van der Waals surface area (Å²) in [5, 5.41) is 15.0. The van der Waals surface area contributed by atoms with Gasteiger partial charge in [-0.2, -0.15) is 16.4 Å². The summed E-state index contributed by atoms with van der Waals surface area (Å²) in [5.74, 6) is 1.70. The molecule has 1 saturated heterocycles. The normalized spacial score (nSPS) is 14.4. The number of H-pyrrole nitrogens is 1. The van der Waals surface area contributed by atoms with Crippen molar-refractivity contribution in [1.29, 1.82) is 0 Å². The van der Waals surface area contributed by atoms with Crippen LogP contribution in [0.15, 0.2) is 54.9 Å². The molecule has 1 atom stereocenters. The number of rotatable bonds is 8. The number of benzene rings is 2. The zero-order valence-corrected chi connectivity index (χ0v) is 23.9. The Bertz CT molecular complexity index is 1520. The first kappa shape index (κ1) is 27.9. The Hall–Kier alpha value is -3.67. The summed E-state index contributed by atoms with van der Waals surface area (Å²) < 4.78 is 1.48. The fraction of sp³-hybridized carbons (Fsp3) is 0.259. The highest BCUT2D eigenvalue weighted by Crippen LogP contribution is 2.29. The summed E-state index contributed by atoms with van der Waals surface area (Å²) in [4.78, 5) is 35.9. The molecule has 3 heterocycles. The minimum Gasteiger partial charge on any atom is -0.342 e. The van der Waals surface area contributed by atoms with Crippen LogP contribution in [0, 0.1) is 6.92 Å². The first-order chi connectivity index (χ1) is 19.4. The van der Waals surface area contributed by atoms with E-state index in [2.05, 4.69) is 25.8 Å². The van der Waals surface area contributed by atoms with Crippen LogP contribution in [0.3, 0.4) is 0 Å². The van der Waals surface area contributed by atoms with Crippen molar-refractivity contribution in [2.75, 3.05) is 24.6 Å². The fourth-order valence-electron chi connectivity index (χ4n) is 4.29. The Labute approximate surface area is 245 Å². The average Bonchev–Trinajstić information content (AvgIpc) is 3.63. The van der Waals surface area contributed by atoms with Gasteiger partial charge in [-0.3, -0.25) is 9.59 Å². The Kier molecular flexibility index (Phi) is 8.83. The van der Waals surface area contributed by atoms with Gasteiger partial charge in [-0.25, -0.2) is 4.98 Å². The van der Waals surface area contributed by atoms with Crippen molar-refractivity contribution >= 4 is 52.9 Å². The van der Waals surface area contributed by atoms with Crippen LogP contribution < -0.4 is 5.32 Å². The van der Waals surface area contributed by atoms with Gasteiger partial charge < -0.3 is 15.2 Å². The number of carbonyl (C=O) groups is 2. The molecule has 0 saturated carbocycles. The number of amides is 2. The number of nitrogens with one attached hydrogen (secondary N) is 2. The summed E-state index contributed by atoms with van der Waals surface area (Å²) in [7, 11) is 0. The minimum atomic E-state index is -0.728. The molecule has 1 fully saturated rings. The first-order valence-corrected chi connectivity index (χ1v) is 14.5. The van der Waals surface area contributed by atoms with Crippen LogP contribution in [-0.2, 0) is 9.59 Å². The van der Waals surface area contributed by atoms with Crippen LogP contribution in [0.4, 0.5) is 0 Å². The second-order valence-electron chi connectivity index (χ2n) is 9.20. The van der Waals surface area contributed by atoms with Crippen LogP contribution in [0.5, 0.6) is 0 Å². The lowest BCUT2D eigenvalue weighted by Crippen LogP contribution is -2.40. The molecular weight excluding hydrogens is 571 g/mol. The van der Waals surface area contributed by atoms with Crippen LogP contribution >= 0.6 is 35.0 Å². The van der Waals surface area contributed by atoms with Crippen molar-refractivity contribution in [2.24, 2.45) is 0 Å². The number of hydrogen-bond donors (Lipinski definition) is 2. The number of aromatic nitrogens is 6. The largest absolute Gasteiger partial charge is 0.342 e. The first-order valence-electron chi connectivity index (χ1n) is 12.6. The predicted octanol–water partition coefficient (Wildman–Crippen LogP) is 4.50. The zero-order valence-electron chi connectivity index (χ0n) is 21.6. The van der Waals surface area contributed by atoms with Crippen LogP contribution in [-0.4, -0.2) is 71.5 Å². The van der Waals surface area contributed by atoms with E-state index in [1.165, 1.54) is 17.1 Å². The number of tetrazole rings is 1. The van der Waals surface area contributed by atoms with Crippen molar-refractivity contribution < 1.29 is 9.59 Å². The number of aromatic amines is 1. The maximum absolute atomic E-state index is 13.2. The second-order valence-corrected chi connectivity index (χ2v) is 11.2. The van der Waals surface area contributed by atoms with Crippen molar-refractivity contribution in [2.45, 2.75) is 19.4 Å². The quantitative estimate of drug-likeness (QED) is 0.287. The van der Waals surface area contributed by atoms with E-state index in [0.717, 1.165) is 22.6 Å². The van der Waals surface area contributed by atoms with Gasteiger partial charge in [0, 0.05) is 46.8 Å². The summed E-state index contributed by atoms with van der Waals surface area (Å²) >= 11 is 14.6. The molecule has 2 N–H and O–H groups in total. The Morgan fingerprint density at radius 2 is 1.93 bits per heavy atom. The van der Waals surface area contributed by atoms with Gasteiger partial charge in [-0.15, -0.1) is 5.10 Å². The molecule has 0 aliphatic carbocycles. The molecule has 0 spiro atoms. The topological polar surface area (TPSA) is 122 Å². The number of thioether (sulfide) groups is 1. The summed E-state index contributed by atoms with van der Waals surface area (Å²) in [5.41, 5.74) is 3.78. The van der Waals surface area contributed by atoms with Crippen LogP contribution in [0.2, 0.25) is 10.2 Å². The fourth-order valence-corrected chi connectivity index (χ4v) is 5.63. The molecule has 2 aromatic heterocycles. The molecule has 0 bridgehead atoms. The number of imidazole rings is 1. The molecule has 0 radical (unpaired) electrons. The predicted molar refractivity (Wildman–Crippen MR) is 156 cm³/mol. The molecule has 206 valence electrons. The van der Waals surface area contributed by atoms with Gasteiger partial charge in [-0.1, -0.05) is 53.0 Å². The van der Waals surface area contributed by atoms with Gasteiger partial charge in [0.1, 0.15) is 23.0 Å². The van der Waals surface area contributed by atoms with Crippen molar-refractivity contribution in [3.8, 4) is 16.9 Å². The number of halogens is 2. The van der Waals surface area contributed by atoms with E-state index in [4.69, 9.17) is 28.2 Å². The molecule has 40 heavy (non-hydrogen) atoms. The molecule has 2 aromatic carbocycles. The van der Waals surface area contributed by atoms with Crippen molar-refractivity contribution in [3.63, 3.8) is 0 Å². The van der Waals surface area contributed by atoms with E-state index in [1.54, 1.807) is 24.3 Å². The Morgan fingerprint density at radius 3 is 2.65 bits per heavy atom. The lowest BCUT2D eigenvalue weighted by Gasteiger charge is -2.28. The monoisotopic (exact) mass is 596 g/mol. The smallest absolute Gasteiger partial charge is 0.244 e. The van der Waals surface area contributed by atoms with E-state index in [0.29, 0.717) is 46.0 Å².